The lowest BCUT2D eigenvalue weighted by atomic mass is 10.0. The van der Waals surface area contributed by atoms with E-state index < -0.39 is 16.9 Å². The Bertz CT molecular complexity index is 1200. The first-order chi connectivity index (χ1) is 16.6. The molecule has 35 heavy (non-hydrogen) atoms. The molecule has 0 spiro atoms. The summed E-state index contributed by atoms with van der Waals surface area (Å²) in [7, 11) is 2.86. The summed E-state index contributed by atoms with van der Waals surface area (Å²) < 4.78 is 6.66. The highest BCUT2D eigenvalue weighted by Crippen LogP contribution is 2.32. The molecule has 1 unspecified atom stereocenters. The SMILES string of the molecule is COC(=O)C(C(C)C)N(C)c1nc(NCc2cnn(Cc3ccc(Cl)nc3)c2)nc(C)c1[N+](=O)[O-]. The number of halogens is 1. The number of methoxy groups -OCH3 is 1. The second kappa shape index (κ2) is 11.1. The number of nitrogens with one attached hydrogen (secondary N) is 1. The monoisotopic (exact) mass is 502 g/mol. The van der Waals surface area contributed by atoms with Crippen LogP contribution in [0.2, 0.25) is 5.15 Å². The summed E-state index contributed by atoms with van der Waals surface area (Å²) in [5.74, 6) is -0.469. The standard InChI is InChI=1S/C22H27ClN8O4/c1-13(2)18(21(32)35-5)29(4)20-19(31(33)34)14(3)27-22(28-20)25-9-16-10-26-30(12-16)11-15-6-7-17(23)24-8-15/h6-8,10,12-13,18H,9,11H2,1-5H3,(H,25,27,28). The van der Waals surface area contributed by atoms with E-state index in [-0.39, 0.29) is 29.1 Å². The van der Waals surface area contributed by atoms with E-state index in [1.165, 1.54) is 18.9 Å². The Morgan fingerprint density at radius 3 is 2.63 bits per heavy atom. The Balaban J connectivity index is 1.81. The van der Waals surface area contributed by atoms with Gasteiger partial charge in [0.1, 0.15) is 16.9 Å². The number of hydrogen-bond donors (Lipinski definition) is 1. The second-order valence-electron chi connectivity index (χ2n) is 8.27. The summed E-state index contributed by atoms with van der Waals surface area (Å²) in [5.41, 5.74) is 1.71. The van der Waals surface area contributed by atoms with Crippen LogP contribution in [-0.2, 0) is 22.6 Å². The number of likely N-dealkylation sites (N-methyl/N-ethyl adjacent to an activating group) is 1. The third-order valence-electron chi connectivity index (χ3n) is 5.32. The van der Waals surface area contributed by atoms with Gasteiger partial charge in [0.2, 0.25) is 11.8 Å². The first-order valence-electron chi connectivity index (χ1n) is 10.8. The lowest BCUT2D eigenvalue weighted by molar-refractivity contribution is -0.385. The van der Waals surface area contributed by atoms with Gasteiger partial charge in [0.25, 0.3) is 0 Å². The molecule has 0 saturated heterocycles. The highest BCUT2D eigenvalue weighted by molar-refractivity contribution is 6.29. The quantitative estimate of drug-likeness (QED) is 0.190. The number of ether oxygens (including phenoxy) is 1. The fraction of sp³-hybridized carbons (Fsp3) is 0.409. The zero-order valence-corrected chi connectivity index (χ0v) is 20.9. The van der Waals surface area contributed by atoms with Crippen molar-refractivity contribution >= 4 is 35.0 Å². The minimum Gasteiger partial charge on any atom is -0.467 e. The maximum atomic E-state index is 12.4. The van der Waals surface area contributed by atoms with E-state index in [0.717, 1.165) is 11.1 Å². The summed E-state index contributed by atoms with van der Waals surface area (Å²) in [4.78, 5) is 37.8. The zero-order valence-electron chi connectivity index (χ0n) is 20.1. The zero-order chi connectivity index (χ0) is 25.7. The summed E-state index contributed by atoms with van der Waals surface area (Å²) in [6.45, 7) is 6.05. The molecule has 3 rings (SSSR count). The fourth-order valence-corrected chi connectivity index (χ4v) is 3.78. The van der Waals surface area contributed by atoms with E-state index in [9.17, 15) is 14.9 Å². The average molecular weight is 503 g/mol. The van der Waals surface area contributed by atoms with Crippen molar-refractivity contribution in [3.05, 3.63) is 62.8 Å². The minimum atomic E-state index is -0.763. The highest BCUT2D eigenvalue weighted by Gasteiger charge is 2.34. The Hall–Kier alpha value is -3.80. The Morgan fingerprint density at radius 1 is 1.29 bits per heavy atom. The van der Waals surface area contributed by atoms with Gasteiger partial charge in [0, 0.05) is 31.5 Å². The number of anilines is 2. The van der Waals surface area contributed by atoms with Gasteiger partial charge in [-0.1, -0.05) is 31.5 Å². The highest BCUT2D eigenvalue weighted by atomic mass is 35.5. The van der Waals surface area contributed by atoms with E-state index in [2.05, 4.69) is 25.4 Å². The molecule has 3 aromatic heterocycles. The third kappa shape index (κ3) is 6.21. The molecule has 0 aromatic carbocycles. The topological polar surface area (TPSA) is 141 Å². The molecule has 0 saturated carbocycles. The van der Waals surface area contributed by atoms with Gasteiger partial charge in [-0.25, -0.2) is 14.8 Å². The molecule has 0 aliphatic heterocycles. The molecule has 0 radical (unpaired) electrons. The van der Waals surface area contributed by atoms with Crippen LogP contribution >= 0.6 is 11.6 Å². The van der Waals surface area contributed by atoms with Gasteiger partial charge < -0.3 is 15.0 Å². The first kappa shape index (κ1) is 25.8. The Labute approximate surface area is 207 Å². The molecule has 3 aromatic rings. The van der Waals surface area contributed by atoms with Gasteiger partial charge in [0.05, 0.1) is 24.8 Å². The van der Waals surface area contributed by atoms with Crippen molar-refractivity contribution in [3.63, 3.8) is 0 Å². The minimum absolute atomic E-state index is 0.0278. The van der Waals surface area contributed by atoms with E-state index in [0.29, 0.717) is 18.2 Å². The van der Waals surface area contributed by atoms with Crippen LogP contribution in [0.25, 0.3) is 0 Å². The van der Waals surface area contributed by atoms with E-state index in [4.69, 9.17) is 16.3 Å². The number of esters is 1. The average Bonchev–Trinajstić information content (AvgIpc) is 3.25. The molecule has 0 aliphatic carbocycles. The van der Waals surface area contributed by atoms with Crippen molar-refractivity contribution < 1.29 is 14.5 Å². The second-order valence-corrected chi connectivity index (χ2v) is 8.66. The summed E-state index contributed by atoms with van der Waals surface area (Å²) >= 11 is 5.83. The van der Waals surface area contributed by atoms with Crippen molar-refractivity contribution in [2.45, 2.75) is 39.9 Å². The van der Waals surface area contributed by atoms with Crippen molar-refractivity contribution in [2.75, 3.05) is 24.4 Å². The van der Waals surface area contributed by atoms with E-state index >= 15 is 0 Å². The summed E-state index contributed by atoms with van der Waals surface area (Å²) in [6.07, 6.45) is 5.25. The molecule has 0 amide bonds. The van der Waals surface area contributed by atoms with Crippen molar-refractivity contribution in [2.24, 2.45) is 5.92 Å². The number of carbonyl (C=O) groups is 1. The van der Waals surface area contributed by atoms with Crippen LogP contribution < -0.4 is 10.2 Å². The third-order valence-corrected chi connectivity index (χ3v) is 5.54. The van der Waals surface area contributed by atoms with Crippen LogP contribution in [0.4, 0.5) is 17.5 Å². The van der Waals surface area contributed by atoms with Crippen LogP contribution in [0.1, 0.15) is 30.7 Å². The number of hydrogen-bond acceptors (Lipinski definition) is 10. The van der Waals surface area contributed by atoms with Gasteiger partial charge in [0.15, 0.2) is 0 Å². The molecule has 0 aliphatic rings. The number of pyridine rings is 1. The molecule has 12 nitrogen and oxygen atoms in total. The predicted molar refractivity (Wildman–Crippen MR) is 130 cm³/mol. The van der Waals surface area contributed by atoms with Crippen molar-refractivity contribution in [3.8, 4) is 0 Å². The number of nitro groups is 1. The van der Waals surface area contributed by atoms with E-state index in [1.807, 2.05) is 26.1 Å². The number of rotatable bonds is 10. The number of aromatic nitrogens is 5. The largest absolute Gasteiger partial charge is 0.467 e. The van der Waals surface area contributed by atoms with Crippen LogP contribution in [-0.4, -0.2) is 55.8 Å². The molecule has 13 heteroatoms. The fourth-order valence-electron chi connectivity index (χ4n) is 3.67. The summed E-state index contributed by atoms with van der Waals surface area (Å²) in [5, 5.41) is 19.6. The van der Waals surface area contributed by atoms with Crippen LogP contribution in [0.15, 0.2) is 30.7 Å². The lowest BCUT2D eigenvalue weighted by Crippen LogP contribution is -2.44. The maximum absolute atomic E-state index is 12.4. The van der Waals surface area contributed by atoms with Crippen molar-refractivity contribution in [1.29, 1.82) is 0 Å². The Kier molecular flexibility index (Phi) is 8.18. The van der Waals surface area contributed by atoms with Crippen LogP contribution in [0, 0.1) is 23.0 Å². The smallest absolute Gasteiger partial charge is 0.332 e. The Morgan fingerprint density at radius 2 is 2.03 bits per heavy atom. The van der Waals surface area contributed by atoms with E-state index in [1.54, 1.807) is 30.2 Å². The molecular weight excluding hydrogens is 476 g/mol. The molecule has 1 atom stereocenters. The molecule has 186 valence electrons. The van der Waals surface area contributed by atoms with Gasteiger partial charge in [-0.2, -0.15) is 10.1 Å². The number of nitrogens with zero attached hydrogens (tertiary/aromatic N) is 7. The molecule has 0 fully saturated rings. The lowest BCUT2D eigenvalue weighted by Gasteiger charge is -2.29. The maximum Gasteiger partial charge on any atom is 0.332 e. The van der Waals surface area contributed by atoms with Crippen LogP contribution in [0.5, 0.6) is 0 Å². The van der Waals surface area contributed by atoms with Gasteiger partial charge in [-0.3, -0.25) is 14.8 Å². The molecule has 0 bridgehead atoms. The van der Waals surface area contributed by atoms with Gasteiger partial charge in [-0.15, -0.1) is 0 Å². The van der Waals surface area contributed by atoms with Crippen molar-refractivity contribution in [1.82, 2.24) is 24.7 Å². The molecular formula is C22H27ClN8O4. The van der Waals surface area contributed by atoms with Gasteiger partial charge in [-0.05, 0) is 24.5 Å². The number of aryl methyl sites for hydroxylation is 1. The first-order valence-corrected chi connectivity index (χ1v) is 11.2. The van der Waals surface area contributed by atoms with Gasteiger partial charge >= 0.3 is 11.7 Å². The predicted octanol–water partition coefficient (Wildman–Crippen LogP) is 3.23. The molecule has 1 N–H and O–H groups in total. The molecule has 3 heterocycles. The van der Waals surface area contributed by atoms with Crippen LogP contribution in [0.3, 0.4) is 0 Å². The number of carbonyl (C=O) groups excluding carboxylic acids is 1. The summed E-state index contributed by atoms with van der Waals surface area (Å²) in [6, 6.07) is 2.83. The normalized spacial score (nSPS) is 11.9.